The van der Waals surface area contributed by atoms with Crippen molar-refractivity contribution in [3.05, 3.63) is 57.6 Å². The van der Waals surface area contributed by atoms with E-state index in [0.717, 1.165) is 26.2 Å². The van der Waals surface area contributed by atoms with E-state index in [0.29, 0.717) is 35.5 Å². The van der Waals surface area contributed by atoms with Gasteiger partial charge in [-0.05, 0) is 75.9 Å². The predicted molar refractivity (Wildman–Crippen MR) is 172 cm³/mol. The summed E-state index contributed by atoms with van der Waals surface area (Å²) in [5.41, 5.74) is 11.4. The molecule has 2 N–H and O–H groups in total. The predicted octanol–water partition coefficient (Wildman–Crippen LogP) is 3.89. The van der Waals surface area contributed by atoms with Gasteiger partial charge in [-0.15, -0.1) is 0 Å². The van der Waals surface area contributed by atoms with Crippen LogP contribution in [0.25, 0.3) is 0 Å². The molecule has 0 saturated carbocycles. The molecule has 0 aliphatic rings. The summed E-state index contributed by atoms with van der Waals surface area (Å²) in [6, 6.07) is 9.72. The molecular weight excluding hydrogens is 597 g/mol. The van der Waals surface area contributed by atoms with E-state index in [1.54, 1.807) is 0 Å². The molecule has 0 heterocycles. The second-order valence-electron chi connectivity index (χ2n) is 13.2. The minimum atomic E-state index is 0. The molecule has 0 unspecified atom stereocenters. The van der Waals surface area contributed by atoms with Crippen molar-refractivity contribution < 1.29 is 41.9 Å². The first kappa shape index (κ1) is 42.2. The molecule has 2 rings (SSSR count). The van der Waals surface area contributed by atoms with Gasteiger partial charge < -0.3 is 40.3 Å². The van der Waals surface area contributed by atoms with Gasteiger partial charge in [0.05, 0.1) is 0 Å². The van der Waals surface area contributed by atoms with Crippen LogP contribution in [0.1, 0.15) is 152 Å². The Bertz CT molecular complexity index is 893. The van der Waals surface area contributed by atoms with Gasteiger partial charge in [0.15, 0.2) is 0 Å². The molecule has 0 atom stereocenters. The molecule has 2 aromatic rings. The summed E-state index contributed by atoms with van der Waals surface area (Å²) in [5.74, 6) is 3.11. The zero-order valence-electron chi connectivity index (χ0n) is 28.1. The first-order chi connectivity index (χ1) is 17.7. The molecule has 0 aliphatic carbocycles. The van der Waals surface area contributed by atoms with Crippen molar-refractivity contribution in [1.82, 2.24) is 4.90 Å². The van der Waals surface area contributed by atoms with Crippen molar-refractivity contribution in [2.45, 2.75) is 119 Å². The minimum Gasteiger partial charge on any atom is -1.00 e. The second-order valence-corrected chi connectivity index (χ2v) is 13.2. The number of nitrogens with one attached hydrogen (secondary N) is 2. The normalized spacial score (nSPS) is 11.4. The molecular formula is C35H59Cl2CuN3. The van der Waals surface area contributed by atoms with Crippen LogP contribution in [0.5, 0.6) is 0 Å². The van der Waals surface area contributed by atoms with E-state index in [2.05, 4.69) is 130 Å². The van der Waals surface area contributed by atoms with Gasteiger partial charge in [0.1, 0.15) is 0 Å². The topological polar surface area (TPSA) is 27.3 Å². The molecule has 3 nitrogen and oxygen atoms in total. The number of hydrogen-bond acceptors (Lipinski definition) is 3. The van der Waals surface area contributed by atoms with Crippen molar-refractivity contribution in [2.75, 3.05) is 43.9 Å². The van der Waals surface area contributed by atoms with Crippen LogP contribution in [0.4, 0.5) is 11.4 Å². The maximum absolute atomic E-state index is 3.85. The zero-order valence-corrected chi connectivity index (χ0v) is 30.6. The van der Waals surface area contributed by atoms with Gasteiger partial charge in [-0.25, -0.2) is 0 Å². The van der Waals surface area contributed by atoms with Gasteiger partial charge in [-0.2, -0.15) is 0 Å². The van der Waals surface area contributed by atoms with Crippen molar-refractivity contribution in [1.29, 1.82) is 0 Å². The average Bonchev–Trinajstić information content (AvgIpc) is 2.82. The number of benzene rings is 2. The Hall–Kier alpha value is -0.901. The Morgan fingerprint density at radius 1 is 0.488 bits per heavy atom. The summed E-state index contributed by atoms with van der Waals surface area (Å²) >= 11 is 0. The number of hydrogen-bond donors (Lipinski definition) is 2. The van der Waals surface area contributed by atoms with E-state index >= 15 is 0 Å². The number of anilines is 2. The summed E-state index contributed by atoms with van der Waals surface area (Å²) < 4.78 is 0. The quantitative estimate of drug-likeness (QED) is 0.303. The van der Waals surface area contributed by atoms with E-state index in [1.165, 1.54) is 44.8 Å². The molecule has 2 aromatic carbocycles. The molecule has 0 fully saturated rings. The Morgan fingerprint density at radius 2 is 0.732 bits per heavy atom. The smallest absolute Gasteiger partial charge is 1.00 e. The van der Waals surface area contributed by atoms with Crippen LogP contribution in [0, 0.1) is 0 Å². The van der Waals surface area contributed by atoms with Gasteiger partial charge in [0.2, 0.25) is 0 Å². The van der Waals surface area contributed by atoms with E-state index < -0.39 is 0 Å². The first-order valence-electron chi connectivity index (χ1n) is 15.3. The van der Waals surface area contributed by atoms with Crippen molar-refractivity contribution >= 4 is 11.4 Å². The third-order valence-corrected chi connectivity index (χ3v) is 7.86. The van der Waals surface area contributed by atoms with Crippen molar-refractivity contribution in [3.63, 3.8) is 0 Å². The van der Waals surface area contributed by atoms with E-state index in [-0.39, 0.29) is 41.9 Å². The summed E-state index contributed by atoms with van der Waals surface area (Å²) in [6.07, 6.45) is 0. The maximum atomic E-state index is 3.85. The van der Waals surface area contributed by atoms with Crippen LogP contribution < -0.4 is 35.4 Å². The van der Waals surface area contributed by atoms with Crippen LogP contribution in [0.3, 0.4) is 0 Å². The summed E-state index contributed by atoms with van der Waals surface area (Å²) in [7, 11) is 2.24. The molecule has 0 saturated heterocycles. The van der Waals surface area contributed by atoms with Crippen molar-refractivity contribution in [3.8, 4) is 0 Å². The third kappa shape index (κ3) is 12.0. The standard InChI is InChI=1S/C35H59N3.2ClH.Cu/c1-22(2)28-18-30(24(5)6)34(31(19-28)25(7)8)36-14-16-38(13)17-15-37-35-32(26(9)10)20-29(23(3)4)21-33(35)27(11)12;;;/h18-27,36-37H,14-17H2,1-13H3;2*1H;/q;;;+2/p-2. The van der Waals surface area contributed by atoms with Gasteiger partial charge in [0.25, 0.3) is 0 Å². The molecule has 0 aromatic heterocycles. The first-order valence-corrected chi connectivity index (χ1v) is 15.3. The van der Waals surface area contributed by atoms with Gasteiger partial charge >= 0.3 is 17.1 Å². The van der Waals surface area contributed by atoms with E-state index in [4.69, 9.17) is 0 Å². The Labute approximate surface area is 277 Å². The fraction of sp³-hybridized carbons (Fsp3) is 0.657. The summed E-state index contributed by atoms with van der Waals surface area (Å²) in [5, 5.41) is 7.71. The molecule has 0 amide bonds. The Kier molecular flexibility index (Phi) is 20.0. The summed E-state index contributed by atoms with van der Waals surface area (Å²) in [4.78, 5) is 2.44. The molecule has 239 valence electrons. The monoisotopic (exact) mass is 654 g/mol. The Morgan fingerprint density at radius 3 is 0.927 bits per heavy atom. The largest absolute Gasteiger partial charge is 2.00 e. The van der Waals surface area contributed by atoms with Gasteiger partial charge in [-0.1, -0.05) is 107 Å². The fourth-order valence-corrected chi connectivity index (χ4v) is 5.18. The van der Waals surface area contributed by atoms with Crippen LogP contribution in [0.15, 0.2) is 24.3 Å². The third-order valence-electron chi connectivity index (χ3n) is 7.86. The minimum absolute atomic E-state index is 0. The van der Waals surface area contributed by atoms with Gasteiger partial charge in [-0.3, -0.25) is 0 Å². The Balaban J connectivity index is 0. The van der Waals surface area contributed by atoms with Crippen LogP contribution in [-0.4, -0.2) is 38.1 Å². The molecule has 0 spiro atoms. The maximum Gasteiger partial charge on any atom is 2.00 e. The van der Waals surface area contributed by atoms with Gasteiger partial charge in [0, 0.05) is 37.6 Å². The second kappa shape index (κ2) is 19.4. The molecule has 6 heteroatoms. The molecule has 41 heavy (non-hydrogen) atoms. The van der Waals surface area contributed by atoms with Crippen LogP contribution in [0.2, 0.25) is 0 Å². The summed E-state index contributed by atoms with van der Waals surface area (Å²) in [6.45, 7) is 31.7. The van der Waals surface area contributed by atoms with E-state index in [9.17, 15) is 0 Å². The molecule has 0 bridgehead atoms. The number of likely N-dealkylation sites (N-methyl/N-ethyl adjacent to an activating group) is 1. The van der Waals surface area contributed by atoms with Crippen LogP contribution >= 0.6 is 0 Å². The van der Waals surface area contributed by atoms with E-state index in [1.807, 2.05) is 0 Å². The molecule has 1 radical (unpaired) electrons. The van der Waals surface area contributed by atoms with Crippen molar-refractivity contribution in [2.24, 2.45) is 0 Å². The fourth-order valence-electron chi connectivity index (χ4n) is 5.18. The average molecular weight is 656 g/mol. The number of nitrogens with zero attached hydrogens (tertiary/aromatic N) is 1. The number of rotatable bonds is 14. The number of halogens is 2. The zero-order chi connectivity index (χ0) is 28.7. The molecule has 0 aliphatic heterocycles. The SMILES string of the molecule is CC(C)c1cc(C(C)C)c(NCCN(C)CCNc2c(C(C)C)cc(C(C)C)cc2C(C)C)c(C(C)C)c1.[Cl-].[Cl-].[Cu+2]. The van der Waals surface area contributed by atoms with Crippen LogP contribution in [-0.2, 0) is 17.1 Å².